The zero-order valence-corrected chi connectivity index (χ0v) is 9.59. The molecule has 3 rings (SSSR count). The van der Waals surface area contributed by atoms with Gasteiger partial charge in [-0.25, -0.2) is 4.98 Å². The average molecular weight is 242 g/mol. The quantitative estimate of drug-likeness (QED) is 0.656. The Balaban J connectivity index is 2.14. The van der Waals surface area contributed by atoms with E-state index in [1.165, 1.54) is 0 Å². The number of halogens is 1. The van der Waals surface area contributed by atoms with Crippen molar-refractivity contribution in [3.05, 3.63) is 53.7 Å². The Labute approximate surface area is 103 Å². The standard InChI is InChI=1S/C13H8ClN3/c14-13-8-7-12(16-17-13)11-6-5-9-3-1-2-4-10(9)15-11/h1-8H. The first kappa shape index (κ1) is 10.2. The van der Waals surface area contributed by atoms with E-state index < -0.39 is 0 Å². The van der Waals surface area contributed by atoms with Gasteiger partial charge in [0.05, 0.1) is 11.2 Å². The molecule has 3 aromatic rings. The minimum absolute atomic E-state index is 0.384. The normalized spacial score (nSPS) is 10.6. The topological polar surface area (TPSA) is 38.7 Å². The molecule has 1 aromatic carbocycles. The number of hydrogen-bond donors (Lipinski definition) is 0. The minimum atomic E-state index is 0.384. The summed E-state index contributed by atoms with van der Waals surface area (Å²) in [7, 11) is 0. The Morgan fingerprint density at radius 3 is 2.41 bits per heavy atom. The first-order chi connectivity index (χ1) is 8.33. The molecule has 0 radical (unpaired) electrons. The van der Waals surface area contributed by atoms with Gasteiger partial charge in [0.15, 0.2) is 5.15 Å². The number of para-hydroxylation sites is 1. The van der Waals surface area contributed by atoms with E-state index in [0.29, 0.717) is 5.15 Å². The van der Waals surface area contributed by atoms with Crippen LogP contribution in [0.15, 0.2) is 48.5 Å². The van der Waals surface area contributed by atoms with Crippen molar-refractivity contribution in [2.45, 2.75) is 0 Å². The minimum Gasteiger partial charge on any atom is -0.246 e. The molecule has 17 heavy (non-hydrogen) atoms. The van der Waals surface area contributed by atoms with Crippen LogP contribution in [0, 0.1) is 0 Å². The monoisotopic (exact) mass is 241 g/mol. The number of nitrogens with zero attached hydrogens (tertiary/aromatic N) is 3. The predicted octanol–water partition coefficient (Wildman–Crippen LogP) is 3.35. The maximum atomic E-state index is 5.70. The molecular formula is C13H8ClN3. The lowest BCUT2D eigenvalue weighted by atomic mass is 10.2. The number of pyridine rings is 1. The molecule has 2 aromatic heterocycles. The molecule has 0 saturated carbocycles. The van der Waals surface area contributed by atoms with Crippen molar-refractivity contribution < 1.29 is 0 Å². The Kier molecular flexibility index (Phi) is 2.46. The van der Waals surface area contributed by atoms with E-state index in [9.17, 15) is 0 Å². The second kappa shape index (κ2) is 4.11. The van der Waals surface area contributed by atoms with Gasteiger partial charge in [0.2, 0.25) is 0 Å². The average Bonchev–Trinajstić information content (AvgIpc) is 2.39. The molecule has 3 nitrogen and oxygen atoms in total. The van der Waals surface area contributed by atoms with Crippen LogP contribution in [0.1, 0.15) is 0 Å². The van der Waals surface area contributed by atoms with Crippen LogP contribution in [0.2, 0.25) is 5.15 Å². The molecule has 0 saturated heterocycles. The third-order valence-corrected chi connectivity index (χ3v) is 2.69. The lowest BCUT2D eigenvalue weighted by molar-refractivity contribution is 1.03. The van der Waals surface area contributed by atoms with Crippen molar-refractivity contribution in [2.75, 3.05) is 0 Å². The van der Waals surface area contributed by atoms with Gasteiger partial charge in [-0.3, -0.25) is 0 Å². The van der Waals surface area contributed by atoms with Crippen LogP contribution in [-0.2, 0) is 0 Å². The van der Waals surface area contributed by atoms with Crippen molar-refractivity contribution in [1.82, 2.24) is 15.2 Å². The van der Waals surface area contributed by atoms with E-state index in [1.807, 2.05) is 42.5 Å². The van der Waals surface area contributed by atoms with Crippen LogP contribution in [0.5, 0.6) is 0 Å². The van der Waals surface area contributed by atoms with Gasteiger partial charge in [0, 0.05) is 5.39 Å². The molecule has 4 heteroatoms. The fourth-order valence-electron chi connectivity index (χ4n) is 1.66. The molecule has 0 fully saturated rings. The summed E-state index contributed by atoms with van der Waals surface area (Å²) in [5.74, 6) is 0. The summed E-state index contributed by atoms with van der Waals surface area (Å²) in [4.78, 5) is 4.53. The van der Waals surface area contributed by atoms with Crippen molar-refractivity contribution in [2.24, 2.45) is 0 Å². The second-order valence-corrected chi connectivity index (χ2v) is 4.02. The largest absolute Gasteiger partial charge is 0.246 e. The van der Waals surface area contributed by atoms with Crippen LogP contribution in [-0.4, -0.2) is 15.2 Å². The molecule has 0 aliphatic rings. The smallest absolute Gasteiger partial charge is 0.151 e. The summed E-state index contributed by atoms with van der Waals surface area (Å²) >= 11 is 5.70. The molecule has 0 aliphatic carbocycles. The Hall–Kier alpha value is -2.00. The van der Waals surface area contributed by atoms with E-state index in [-0.39, 0.29) is 0 Å². The molecule has 0 bridgehead atoms. The van der Waals surface area contributed by atoms with Crippen LogP contribution < -0.4 is 0 Å². The zero-order chi connectivity index (χ0) is 11.7. The van der Waals surface area contributed by atoms with Gasteiger partial charge in [0.25, 0.3) is 0 Å². The zero-order valence-electron chi connectivity index (χ0n) is 8.84. The van der Waals surface area contributed by atoms with Crippen LogP contribution in [0.25, 0.3) is 22.3 Å². The van der Waals surface area contributed by atoms with Gasteiger partial charge in [0.1, 0.15) is 5.69 Å². The third kappa shape index (κ3) is 1.97. The van der Waals surface area contributed by atoms with E-state index in [1.54, 1.807) is 6.07 Å². The van der Waals surface area contributed by atoms with Gasteiger partial charge in [-0.15, -0.1) is 10.2 Å². The first-order valence-electron chi connectivity index (χ1n) is 5.18. The highest BCUT2D eigenvalue weighted by Gasteiger charge is 2.03. The number of hydrogen-bond acceptors (Lipinski definition) is 3. The highest BCUT2D eigenvalue weighted by atomic mass is 35.5. The predicted molar refractivity (Wildman–Crippen MR) is 67.8 cm³/mol. The SMILES string of the molecule is Clc1ccc(-c2ccc3ccccc3n2)nn1. The fourth-order valence-corrected chi connectivity index (χ4v) is 1.76. The van der Waals surface area contributed by atoms with E-state index >= 15 is 0 Å². The third-order valence-electron chi connectivity index (χ3n) is 2.49. The molecular weight excluding hydrogens is 234 g/mol. The summed E-state index contributed by atoms with van der Waals surface area (Å²) in [5, 5.41) is 9.32. The van der Waals surface area contributed by atoms with Gasteiger partial charge in [-0.1, -0.05) is 35.9 Å². The van der Waals surface area contributed by atoms with Crippen molar-refractivity contribution in [3.63, 3.8) is 0 Å². The summed E-state index contributed by atoms with van der Waals surface area (Å²) in [5.41, 5.74) is 2.47. The number of aromatic nitrogens is 3. The van der Waals surface area contributed by atoms with Crippen molar-refractivity contribution >= 4 is 22.5 Å². The summed E-state index contributed by atoms with van der Waals surface area (Å²) in [6.07, 6.45) is 0. The van der Waals surface area contributed by atoms with Gasteiger partial charge in [-0.05, 0) is 24.3 Å². The van der Waals surface area contributed by atoms with Crippen LogP contribution in [0.4, 0.5) is 0 Å². The molecule has 0 aliphatic heterocycles. The van der Waals surface area contributed by atoms with Gasteiger partial charge < -0.3 is 0 Å². The number of benzene rings is 1. The molecule has 0 unspecified atom stereocenters. The highest BCUT2D eigenvalue weighted by Crippen LogP contribution is 2.19. The van der Waals surface area contributed by atoms with E-state index in [4.69, 9.17) is 11.6 Å². The summed E-state index contributed by atoms with van der Waals surface area (Å²) < 4.78 is 0. The highest BCUT2D eigenvalue weighted by molar-refractivity contribution is 6.29. The van der Waals surface area contributed by atoms with Crippen LogP contribution >= 0.6 is 11.6 Å². The Morgan fingerprint density at radius 2 is 1.59 bits per heavy atom. The van der Waals surface area contributed by atoms with Crippen molar-refractivity contribution in [1.29, 1.82) is 0 Å². The molecule has 82 valence electrons. The number of fused-ring (bicyclic) bond motifs is 1. The molecule has 2 heterocycles. The second-order valence-electron chi connectivity index (χ2n) is 3.63. The van der Waals surface area contributed by atoms with E-state index in [0.717, 1.165) is 22.3 Å². The number of rotatable bonds is 1. The van der Waals surface area contributed by atoms with Gasteiger partial charge in [-0.2, -0.15) is 0 Å². The fraction of sp³-hybridized carbons (Fsp3) is 0. The lowest BCUT2D eigenvalue weighted by Gasteiger charge is -2.01. The molecule has 0 amide bonds. The lowest BCUT2D eigenvalue weighted by Crippen LogP contribution is -1.90. The summed E-state index contributed by atoms with van der Waals surface area (Å²) in [6.45, 7) is 0. The maximum Gasteiger partial charge on any atom is 0.151 e. The Bertz CT molecular complexity index is 665. The maximum absolute atomic E-state index is 5.70. The summed E-state index contributed by atoms with van der Waals surface area (Å²) in [6, 6.07) is 15.4. The molecule has 0 spiro atoms. The van der Waals surface area contributed by atoms with Crippen molar-refractivity contribution in [3.8, 4) is 11.4 Å². The van der Waals surface area contributed by atoms with Crippen LogP contribution in [0.3, 0.4) is 0 Å². The van der Waals surface area contributed by atoms with E-state index in [2.05, 4.69) is 15.2 Å². The first-order valence-corrected chi connectivity index (χ1v) is 5.56. The Morgan fingerprint density at radius 1 is 0.765 bits per heavy atom. The molecule has 0 N–H and O–H groups in total. The van der Waals surface area contributed by atoms with Gasteiger partial charge >= 0.3 is 0 Å². The molecule has 0 atom stereocenters.